The van der Waals surface area contributed by atoms with Gasteiger partial charge in [-0.1, -0.05) is 23.9 Å². The van der Waals surface area contributed by atoms with E-state index in [0.717, 1.165) is 6.07 Å². The van der Waals surface area contributed by atoms with E-state index < -0.39 is 11.6 Å². The quantitative estimate of drug-likeness (QED) is 0.432. The van der Waals surface area contributed by atoms with Crippen molar-refractivity contribution in [3.63, 3.8) is 0 Å². The lowest BCUT2D eigenvalue weighted by Gasteiger charge is -2.03. The summed E-state index contributed by atoms with van der Waals surface area (Å²) in [4.78, 5) is 8.25. The molecule has 94 valence electrons. The molecule has 0 unspecified atom stereocenters. The Morgan fingerprint density at radius 1 is 1.11 bits per heavy atom. The Morgan fingerprint density at radius 2 is 1.78 bits per heavy atom. The summed E-state index contributed by atoms with van der Waals surface area (Å²) >= 11 is 7.71. The second kappa shape index (κ2) is 6.08. The minimum Gasteiger partial charge on any atom is -0.215 e. The number of halogens is 4. The molecule has 7 heteroatoms. The lowest BCUT2D eigenvalue weighted by molar-refractivity contribution is 0.502. The maximum absolute atomic E-state index is 13.4. The molecule has 2 rings (SSSR count). The number of thioether (sulfide) groups is 1. The summed E-state index contributed by atoms with van der Waals surface area (Å²) in [6, 6.07) is 5.81. The second-order valence-electron chi connectivity index (χ2n) is 3.30. The molecule has 0 saturated carbocycles. The molecule has 18 heavy (non-hydrogen) atoms. The van der Waals surface area contributed by atoms with E-state index >= 15 is 0 Å². The normalized spacial score (nSPS) is 10.7. The van der Waals surface area contributed by atoms with Gasteiger partial charge in [0, 0.05) is 17.4 Å². The van der Waals surface area contributed by atoms with Crippen LogP contribution in [0.15, 0.2) is 38.6 Å². The van der Waals surface area contributed by atoms with Crippen molar-refractivity contribution in [2.24, 2.45) is 0 Å². The fraction of sp³-hybridized carbons (Fsp3) is 0.0909. The van der Waals surface area contributed by atoms with Crippen molar-refractivity contribution < 1.29 is 8.78 Å². The summed E-state index contributed by atoms with van der Waals surface area (Å²) < 4.78 is 27.7. The Hall–Kier alpha value is -0.530. The molecule has 0 N–H and O–H groups in total. The first-order chi connectivity index (χ1) is 8.56. The topological polar surface area (TPSA) is 25.8 Å². The summed E-state index contributed by atoms with van der Waals surface area (Å²) in [5, 5.41) is 0.486. The summed E-state index contributed by atoms with van der Waals surface area (Å²) in [6.07, 6.45) is 0. The Morgan fingerprint density at radius 3 is 2.44 bits per heavy atom. The average Bonchev–Trinajstić information content (AvgIpc) is 2.30. The van der Waals surface area contributed by atoms with E-state index in [9.17, 15) is 8.78 Å². The van der Waals surface area contributed by atoms with Crippen molar-refractivity contribution in [2.45, 2.75) is 10.9 Å². The summed E-state index contributed by atoms with van der Waals surface area (Å²) in [5.41, 5.74) is 0.291. The third-order valence-electron chi connectivity index (χ3n) is 2.03. The van der Waals surface area contributed by atoms with Crippen molar-refractivity contribution in [3.8, 4) is 0 Å². The maximum atomic E-state index is 13.4. The minimum atomic E-state index is -0.843. The lowest BCUT2D eigenvalue weighted by Crippen LogP contribution is -1.94. The van der Waals surface area contributed by atoms with Gasteiger partial charge in [-0.15, -0.1) is 0 Å². The first-order valence-corrected chi connectivity index (χ1v) is 7.39. The molecule has 2 nitrogen and oxygen atoms in total. The van der Waals surface area contributed by atoms with Crippen LogP contribution in [-0.2, 0) is 5.75 Å². The van der Waals surface area contributed by atoms with Gasteiger partial charge in [-0.25, -0.2) is 18.7 Å². The highest BCUT2D eigenvalue weighted by atomic mass is 79.9. The van der Waals surface area contributed by atoms with Crippen LogP contribution in [0.2, 0.25) is 0 Å². The number of rotatable bonds is 3. The van der Waals surface area contributed by atoms with E-state index in [-0.39, 0.29) is 5.75 Å². The molecular formula is C11H6Br2F2N2S. The van der Waals surface area contributed by atoms with E-state index in [1.165, 1.54) is 17.8 Å². The molecule has 0 spiro atoms. The molecule has 0 aliphatic carbocycles. The number of aromatic nitrogens is 2. The van der Waals surface area contributed by atoms with E-state index in [1.807, 2.05) is 0 Å². The molecule has 2 aromatic rings. The van der Waals surface area contributed by atoms with E-state index in [4.69, 9.17) is 0 Å². The zero-order valence-electron chi connectivity index (χ0n) is 8.83. The van der Waals surface area contributed by atoms with Gasteiger partial charge in [-0.05, 0) is 37.9 Å². The van der Waals surface area contributed by atoms with E-state index in [0.29, 0.717) is 19.9 Å². The molecule has 0 bridgehead atoms. The predicted octanol–water partition coefficient (Wildman–Crippen LogP) is 4.57. The van der Waals surface area contributed by atoms with Gasteiger partial charge in [-0.3, -0.25) is 0 Å². The van der Waals surface area contributed by atoms with Crippen LogP contribution in [0, 0.1) is 11.6 Å². The van der Waals surface area contributed by atoms with E-state index in [2.05, 4.69) is 41.8 Å². The van der Waals surface area contributed by atoms with Crippen LogP contribution in [0.4, 0.5) is 8.78 Å². The van der Waals surface area contributed by atoms with Gasteiger partial charge in [-0.2, -0.15) is 0 Å². The lowest BCUT2D eigenvalue weighted by atomic mass is 10.2. The molecular weight excluding hydrogens is 390 g/mol. The molecule has 1 aromatic carbocycles. The summed E-state index contributed by atoms with van der Waals surface area (Å²) in [5.74, 6) is -1.39. The molecule has 0 aliphatic rings. The van der Waals surface area contributed by atoms with Crippen molar-refractivity contribution in [1.82, 2.24) is 9.97 Å². The SMILES string of the molecule is Fc1cccc(CSc2nc(Br)cc(Br)n2)c1F. The molecule has 0 saturated heterocycles. The monoisotopic (exact) mass is 394 g/mol. The molecule has 0 aliphatic heterocycles. The van der Waals surface area contributed by atoms with Gasteiger partial charge in [0.25, 0.3) is 0 Å². The molecule has 0 fully saturated rings. The third-order valence-corrected chi connectivity index (χ3v) is 3.74. The molecule has 1 heterocycles. The average molecular weight is 396 g/mol. The maximum Gasteiger partial charge on any atom is 0.190 e. The van der Waals surface area contributed by atoms with Crippen LogP contribution in [-0.4, -0.2) is 9.97 Å². The van der Waals surface area contributed by atoms with Gasteiger partial charge < -0.3 is 0 Å². The Labute approximate surface area is 123 Å². The Bertz CT molecular complexity index is 561. The zero-order chi connectivity index (χ0) is 13.1. The minimum absolute atomic E-state index is 0.270. The highest BCUT2D eigenvalue weighted by Crippen LogP contribution is 2.24. The number of nitrogens with zero attached hydrogens (tertiary/aromatic N) is 2. The van der Waals surface area contributed by atoms with Gasteiger partial charge in [0.05, 0.1) is 0 Å². The number of hydrogen-bond acceptors (Lipinski definition) is 3. The largest absolute Gasteiger partial charge is 0.215 e. The fourth-order valence-corrected chi connectivity index (χ4v) is 3.38. The van der Waals surface area contributed by atoms with E-state index in [1.54, 1.807) is 12.1 Å². The highest BCUT2D eigenvalue weighted by molar-refractivity contribution is 9.11. The third kappa shape index (κ3) is 3.49. The van der Waals surface area contributed by atoms with Crippen LogP contribution in [0.1, 0.15) is 5.56 Å². The van der Waals surface area contributed by atoms with Gasteiger partial charge >= 0.3 is 0 Å². The van der Waals surface area contributed by atoms with Crippen molar-refractivity contribution >= 4 is 43.6 Å². The van der Waals surface area contributed by atoms with Crippen LogP contribution < -0.4 is 0 Å². The number of benzene rings is 1. The summed E-state index contributed by atoms with van der Waals surface area (Å²) in [7, 11) is 0. The Balaban J connectivity index is 2.14. The fourth-order valence-electron chi connectivity index (χ4n) is 1.24. The summed E-state index contributed by atoms with van der Waals surface area (Å²) in [6.45, 7) is 0. The molecule has 0 amide bonds. The molecule has 0 radical (unpaired) electrons. The van der Waals surface area contributed by atoms with Crippen molar-refractivity contribution in [3.05, 3.63) is 50.7 Å². The van der Waals surface area contributed by atoms with Crippen LogP contribution in [0.3, 0.4) is 0 Å². The first-order valence-electron chi connectivity index (χ1n) is 4.82. The van der Waals surface area contributed by atoms with Crippen molar-refractivity contribution in [2.75, 3.05) is 0 Å². The Kier molecular flexibility index (Phi) is 4.69. The first kappa shape index (κ1) is 13.9. The van der Waals surface area contributed by atoms with Crippen molar-refractivity contribution in [1.29, 1.82) is 0 Å². The van der Waals surface area contributed by atoms with Crippen LogP contribution >= 0.6 is 43.6 Å². The van der Waals surface area contributed by atoms with Gasteiger partial charge in [0.2, 0.25) is 0 Å². The molecule has 0 atom stereocenters. The second-order valence-corrected chi connectivity index (χ2v) is 5.87. The van der Waals surface area contributed by atoms with Gasteiger partial charge in [0.1, 0.15) is 9.21 Å². The highest BCUT2D eigenvalue weighted by Gasteiger charge is 2.09. The van der Waals surface area contributed by atoms with Crippen LogP contribution in [0.25, 0.3) is 0 Å². The zero-order valence-corrected chi connectivity index (χ0v) is 12.8. The van der Waals surface area contributed by atoms with Crippen LogP contribution in [0.5, 0.6) is 0 Å². The predicted molar refractivity (Wildman–Crippen MR) is 73.4 cm³/mol. The smallest absolute Gasteiger partial charge is 0.190 e. The standard InChI is InChI=1S/C11H6Br2F2N2S/c12-8-4-9(13)17-11(16-8)18-5-6-2-1-3-7(14)10(6)15/h1-4H,5H2. The van der Waals surface area contributed by atoms with Gasteiger partial charge in [0.15, 0.2) is 16.8 Å². The molecule has 1 aromatic heterocycles. The number of hydrogen-bond donors (Lipinski definition) is 0.